The standard InChI is InChI=1S/C9H8Cl2FN3.ClH/c10-6-3-5(12)4-7(11)8(6)15-9-13-1-2-14-9;/h3-4H,1-2H2,(H2,13,14,15);1H. The Morgan fingerprint density at radius 3 is 2.44 bits per heavy atom. The maximum absolute atomic E-state index is 12.9. The van der Waals surface area contributed by atoms with Crippen LogP contribution in [0.2, 0.25) is 10.0 Å². The minimum atomic E-state index is -0.461. The molecule has 0 atom stereocenters. The molecule has 0 unspecified atom stereocenters. The highest BCUT2D eigenvalue weighted by Gasteiger charge is 2.12. The normalized spacial score (nSPS) is 13.8. The minimum absolute atomic E-state index is 0. The smallest absolute Gasteiger partial charge is 0.196 e. The number of halogens is 4. The summed E-state index contributed by atoms with van der Waals surface area (Å²) in [5, 5.41) is 6.38. The zero-order valence-corrected chi connectivity index (χ0v) is 10.4. The lowest BCUT2D eigenvalue weighted by molar-refractivity contribution is 0.628. The number of hydrogen-bond donors (Lipinski definition) is 2. The van der Waals surface area contributed by atoms with E-state index < -0.39 is 5.82 Å². The summed E-state index contributed by atoms with van der Waals surface area (Å²) in [6.45, 7) is 1.48. The van der Waals surface area contributed by atoms with Crippen LogP contribution < -0.4 is 10.6 Å². The molecule has 1 aliphatic rings. The van der Waals surface area contributed by atoms with Gasteiger partial charge in [-0.05, 0) is 12.1 Å². The van der Waals surface area contributed by atoms with Crippen LogP contribution in [0.15, 0.2) is 17.1 Å². The van der Waals surface area contributed by atoms with Crippen molar-refractivity contribution in [2.45, 2.75) is 0 Å². The number of rotatable bonds is 1. The van der Waals surface area contributed by atoms with E-state index in [4.69, 9.17) is 23.2 Å². The van der Waals surface area contributed by atoms with Crippen molar-refractivity contribution in [1.82, 2.24) is 5.32 Å². The molecule has 0 aliphatic carbocycles. The molecule has 1 aliphatic heterocycles. The van der Waals surface area contributed by atoms with E-state index in [1.54, 1.807) is 0 Å². The van der Waals surface area contributed by atoms with Crippen LogP contribution in [0.25, 0.3) is 0 Å². The first-order chi connectivity index (χ1) is 7.16. The summed E-state index contributed by atoms with van der Waals surface area (Å²) < 4.78 is 12.9. The highest BCUT2D eigenvalue weighted by Crippen LogP contribution is 2.31. The van der Waals surface area contributed by atoms with Crippen LogP contribution in [0.4, 0.5) is 10.1 Å². The third kappa shape index (κ3) is 2.90. The molecule has 3 nitrogen and oxygen atoms in total. The molecule has 16 heavy (non-hydrogen) atoms. The number of nitrogens with one attached hydrogen (secondary N) is 2. The van der Waals surface area contributed by atoms with E-state index in [1.807, 2.05) is 0 Å². The molecular weight excluding hydrogens is 275 g/mol. The van der Waals surface area contributed by atoms with Crippen molar-refractivity contribution < 1.29 is 4.39 Å². The van der Waals surface area contributed by atoms with Crippen LogP contribution in [0, 0.1) is 5.82 Å². The molecule has 0 bridgehead atoms. The van der Waals surface area contributed by atoms with Crippen molar-refractivity contribution in [3.63, 3.8) is 0 Å². The van der Waals surface area contributed by atoms with Gasteiger partial charge >= 0.3 is 0 Å². The molecule has 0 radical (unpaired) electrons. The summed E-state index contributed by atoms with van der Waals surface area (Å²) in [6, 6.07) is 2.40. The molecule has 0 amide bonds. The Morgan fingerprint density at radius 1 is 1.31 bits per heavy atom. The monoisotopic (exact) mass is 283 g/mol. The van der Waals surface area contributed by atoms with E-state index in [0.717, 1.165) is 6.54 Å². The molecule has 0 saturated carbocycles. The van der Waals surface area contributed by atoms with Gasteiger partial charge in [0.2, 0.25) is 0 Å². The molecule has 2 rings (SSSR count). The fourth-order valence-electron chi connectivity index (χ4n) is 1.26. The zero-order chi connectivity index (χ0) is 10.8. The topological polar surface area (TPSA) is 36.4 Å². The number of benzene rings is 1. The van der Waals surface area contributed by atoms with E-state index in [9.17, 15) is 4.39 Å². The Kier molecular flexibility index (Phi) is 4.65. The van der Waals surface area contributed by atoms with Gasteiger partial charge in [0, 0.05) is 6.54 Å². The van der Waals surface area contributed by atoms with E-state index >= 15 is 0 Å². The number of guanidine groups is 1. The van der Waals surface area contributed by atoms with Crippen molar-refractivity contribution in [3.8, 4) is 0 Å². The molecule has 1 aromatic rings. The third-order valence-electron chi connectivity index (χ3n) is 1.92. The number of anilines is 1. The first-order valence-corrected chi connectivity index (χ1v) is 5.12. The second kappa shape index (κ2) is 5.57. The Balaban J connectivity index is 0.00000128. The Labute approximate surface area is 108 Å². The SMILES string of the molecule is Cl.Fc1cc(Cl)c(NC2=NCCN2)c(Cl)c1. The summed E-state index contributed by atoms with van der Waals surface area (Å²) >= 11 is 11.7. The first kappa shape index (κ1) is 13.4. The molecule has 0 saturated heterocycles. The van der Waals surface area contributed by atoms with Crippen molar-refractivity contribution in [3.05, 3.63) is 28.0 Å². The Hall–Kier alpha value is -0.710. The zero-order valence-electron chi connectivity index (χ0n) is 8.06. The molecule has 0 spiro atoms. The fourth-order valence-corrected chi connectivity index (χ4v) is 1.82. The van der Waals surface area contributed by atoms with Gasteiger partial charge in [-0.15, -0.1) is 12.4 Å². The van der Waals surface area contributed by atoms with Gasteiger partial charge in [0.1, 0.15) is 5.82 Å². The summed E-state index contributed by atoms with van der Waals surface area (Å²) in [7, 11) is 0. The molecule has 7 heteroatoms. The summed E-state index contributed by atoms with van der Waals surface area (Å²) in [4.78, 5) is 4.12. The average Bonchev–Trinajstić information content (AvgIpc) is 2.63. The highest BCUT2D eigenvalue weighted by atomic mass is 35.5. The van der Waals surface area contributed by atoms with Gasteiger partial charge in [-0.25, -0.2) is 4.39 Å². The lowest BCUT2D eigenvalue weighted by Gasteiger charge is -2.10. The van der Waals surface area contributed by atoms with Gasteiger partial charge in [-0.3, -0.25) is 4.99 Å². The van der Waals surface area contributed by atoms with Crippen molar-refractivity contribution >= 4 is 47.3 Å². The van der Waals surface area contributed by atoms with Crippen LogP contribution in [0.3, 0.4) is 0 Å². The van der Waals surface area contributed by atoms with Crippen LogP contribution >= 0.6 is 35.6 Å². The van der Waals surface area contributed by atoms with Crippen molar-refractivity contribution in [1.29, 1.82) is 0 Å². The van der Waals surface area contributed by atoms with Gasteiger partial charge < -0.3 is 10.6 Å². The van der Waals surface area contributed by atoms with Crippen LogP contribution in [0.5, 0.6) is 0 Å². The molecule has 0 aromatic heterocycles. The molecule has 1 heterocycles. The quantitative estimate of drug-likeness (QED) is 0.832. The minimum Gasteiger partial charge on any atom is -0.354 e. The van der Waals surface area contributed by atoms with E-state index in [0.29, 0.717) is 18.2 Å². The lowest BCUT2D eigenvalue weighted by atomic mass is 10.3. The maximum Gasteiger partial charge on any atom is 0.196 e. The molecule has 2 N–H and O–H groups in total. The van der Waals surface area contributed by atoms with Crippen molar-refractivity contribution in [2.24, 2.45) is 4.99 Å². The lowest BCUT2D eigenvalue weighted by Crippen LogP contribution is -2.26. The largest absolute Gasteiger partial charge is 0.354 e. The second-order valence-corrected chi connectivity index (χ2v) is 3.84. The molecular formula is C9H9Cl3FN3. The van der Waals surface area contributed by atoms with Crippen LogP contribution in [-0.2, 0) is 0 Å². The third-order valence-corrected chi connectivity index (χ3v) is 2.52. The molecule has 88 valence electrons. The van der Waals surface area contributed by atoms with Gasteiger partial charge in [0.15, 0.2) is 5.96 Å². The van der Waals surface area contributed by atoms with Crippen LogP contribution in [0.1, 0.15) is 0 Å². The van der Waals surface area contributed by atoms with Gasteiger partial charge in [-0.2, -0.15) is 0 Å². The van der Waals surface area contributed by atoms with Crippen molar-refractivity contribution in [2.75, 3.05) is 18.4 Å². The number of hydrogen-bond acceptors (Lipinski definition) is 3. The summed E-state index contributed by atoms with van der Waals surface area (Å²) in [5.74, 6) is 0.141. The van der Waals surface area contributed by atoms with Gasteiger partial charge in [0.05, 0.1) is 22.3 Å². The van der Waals surface area contributed by atoms with E-state index in [1.165, 1.54) is 12.1 Å². The van der Waals surface area contributed by atoms with E-state index in [-0.39, 0.29) is 22.5 Å². The predicted octanol–water partition coefficient (Wildman–Crippen LogP) is 2.93. The summed E-state index contributed by atoms with van der Waals surface area (Å²) in [5.41, 5.74) is 0.466. The molecule has 0 fully saturated rings. The predicted molar refractivity (Wildman–Crippen MR) is 67.6 cm³/mol. The number of aliphatic imine (C=N–C) groups is 1. The maximum atomic E-state index is 12.9. The second-order valence-electron chi connectivity index (χ2n) is 3.03. The Morgan fingerprint density at radius 2 is 1.94 bits per heavy atom. The van der Waals surface area contributed by atoms with E-state index in [2.05, 4.69) is 15.6 Å². The van der Waals surface area contributed by atoms with Crippen LogP contribution in [-0.4, -0.2) is 19.0 Å². The Bertz CT molecular complexity index is 399. The highest BCUT2D eigenvalue weighted by molar-refractivity contribution is 6.39. The molecule has 1 aromatic carbocycles. The summed E-state index contributed by atoms with van der Waals surface area (Å²) in [6.07, 6.45) is 0. The average molecular weight is 285 g/mol. The fraction of sp³-hybridized carbons (Fsp3) is 0.222. The first-order valence-electron chi connectivity index (χ1n) is 4.37. The van der Waals surface area contributed by atoms with Gasteiger partial charge in [-0.1, -0.05) is 23.2 Å². The van der Waals surface area contributed by atoms with Gasteiger partial charge in [0.25, 0.3) is 0 Å². The number of nitrogens with zero attached hydrogens (tertiary/aromatic N) is 1.